The molecule has 0 N–H and O–H groups in total. The SMILES string of the molecule is CO[C@H]1/C=C/CCC[S@@](=O)(CC(=O)[C@H]2C[C@@H]2c2cccn2C)=NC(=O)c2ccc3c(c2)N(C[C@@H]2CC[C@H]21)C[C@@]1(CCCc2cc(C)ccc21)CO3. The van der Waals surface area contributed by atoms with Gasteiger partial charge in [0.2, 0.25) is 0 Å². The lowest BCUT2D eigenvalue weighted by molar-refractivity contribution is -0.117. The summed E-state index contributed by atoms with van der Waals surface area (Å²) in [6.45, 7) is 4.36. The second kappa shape index (κ2) is 13.7. The third-order valence-corrected chi connectivity index (χ3v) is 14.6. The number of Topliss-reactive ketones (excluding diaryl/α,β-unsaturated/α-hetero) is 1. The average molecular weight is 710 g/mol. The second-order valence-corrected chi connectivity index (χ2v) is 18.3. The number of allylic oxidation sites excluding steroid dienone is 1. The molecule has 3 aliphatic carbocycles. The van der Waals surface area contributed by atoms with Gasteiger partial charge in [0, 0.05) is 67.7 Å². The Kier molecular flexibility index (Phi) is 9.24. The Morgan fingerprint density at radius 1 is 1.14 bits per heavy atom. The van der Waals surface area contributed by atoms with Gasteiger partial charge in [-0.05, 0) is 112 Å². The number of carbonyl (C=O) groups is 2. The van der Waals surface area contributed by atoms with Crippen LogP contribution in [0.2, 0.25) is 0 Å². The van der Waals surface area contributed by atoms with Crippen LogP contribution in [0.3, 0.4) is 0 Å². The highest BCUT2D eigenvalue weighted by Gasteiger charge is 2.46. The highest BCUT2D eigenvalue weighted by atomic mass is 32.2. The van der Waals surface area contributed by atoms with Gasteiger partial charge in [0.1, 0.15) is 11.5 Å². The highest BCUT2D eigenvalue weighted by molar-refractivity contribution is 7.94. The molecule has 3 aromatic rings. The lowest BCUT2D eigenvalue weighted by Gasteiger charge is -2.46. The Labute approximate surface area is 302 Å². The molecule has 3 heterocycles. The van der Waals surface area contributed by atoms with Crippen LogP contribution in [0.25, 0.3) is 0 Å². The summed E-state index contributed by atoms with van der Waals surface area (Å²) < 4.78 is 33.8. The third kappa shape index (κ3) is 6.72. The topological polar surface area (TPSA) is 90.2 Å². The molecule has 9 heteroatoms. The van der Waals surface area contributed by atoms with Crippen molar-refractivity contribution in [1.29, 1.82) is 0 Å². The lowest BCUT2D eigenvalue weighted by atomic mass is 9.68. The smallest absolute Gasteiger partial charge is 0.285 e. The van der Waals surface area contributed by atoms with Gasteiger partial charge in [-0.2, -0.15) is 4.36 Å². The van der Waals surface area contributed by atoms with E-state index in [2.05, 4.69) is 46.5 Å². The first-order chi connectivity index (χ1) is 24.6. The number of ketones is 1. The van der Waals surface area contributed by atoms with Crippen molar-refractivity contribution < 1.29 is 23.3 Å². The summed E-state index contributed by atoms with van der Waals surface area (Å²) in [5, 5.41) is 0. The molecule has 1 spiro atoms. The zero-order valence-corrected chi connectivity index (χ0v) is 31.0. The summed E-state index contributed by atoms with van der Waals surface area (Å²) >= 11 is 0. The van der Waals surface area contributed by atoms with E-state index in [-0.39, 0.29) is 40.6 Å². The molecule has 1 aromatic heterocycles. The minimum Gasteiger partial charge on any atom is -0.490 e. The number of rotatable bonds is 5. The molecule has 0 saturated heterocycles. The van der Waals surface area contributed by atoms with Crippen molar-refractivity contribution in [3.63, 3.8) is 0 Å². The zero-order valence-electron chi connectivity index (χ0n) is 30.2. The maximum atomic E-state index is 14.6. The van der Waals surface area contributed by atoms with Crippen LogP contribution in [0.5, 0.6) is 5.75 Å². The monoisotopic (exact) mass is 709 g/mol. The molecule has 8 rings (SSSR count). The van der Waals surface area contributed by atoms with Crippen LogP contribution >= 0.6 is 0 Å². The largest absolute Gasteiger partial charge is 0.490 e. The number of amides is 1. The standard InChI is InChI=1S/C42H51N3O5S/c1-28-12-16-35-29(21-28)9-7-18-42(35)26-45-24-31-13-15-32(31)39(49-3)11-5-4-6-20-51(48,25-38(46)34-23-33(34)36-10-8-19-44(36)2)43-41(47)30-14-17-40(50-27-42)37(45)22-30/h5,8,10-12,14,16-17,19,21-22,31-34,39H,4,6-7,9,13,15,18,20,23-27H2,1-3H3/b11-5+/t31-,32+,33-,34-,39-,42-,51+/m0/s1. The van der Waals surface area contributed by atoms with Gasteiger partial charge in [-0.1, -0.05) is 35.9 Å². The molecule has 5 aliphatic rings. The first kappa shape index (κ1) is 34.4. The minimum atomic E-state index is -3.14. The number of carbonyl (C=O) groups excluding carboxylic acids is 2. The molecule has 270 valence electrons. The summed E-state index contributed by atoms with van der Waals surface area (Å²) in [6, 6.07) is 16.5. The summed E-state index contributed by atoms with van der Waals surface area (Å²) in [7, 11) is 0.639. The van der Waals surface area contributed by atoms with Gasteiger partial charge in [-0.15, -0.1) is 0 Å². The number of hydrogen-bond donors (Lipinski definition) is 0. The van der Waals surface area contributed by atoms with E-state index in [9.17, 15) is 13.8 Å². The molecule has 51 heavy (non-hydrogen) atoms. The van der Waals surface area contributed by atoms with Gasteiger partial charge >= 0.3 is 0 Å². The fourth-order valence-corrected chi connectivity index (χ4v) is 11.4. The first-order valence-corrected chi connectivity index (χ1v) is 20.7. The Morgan fingerprint density at radius 2 is 2.02 bits per heavy atom. The van der Waals surface area contributed by atoms with E-state index in [0.717, 1.165) is 68.7 Å². The van der Waals surface area contributed by atoms with Gasteiger partial charge in [-0.25, -0.2) is 4.21 Å². The molecular formula is C42H51N3O5S. The Morgan fingerprint density at radius 3 is 2.80 bits per heavy atom. The van der Waals surface area contributed by atoms with E-state index in [1.807, 2.05) is 42.1 Å². The van der Waals surface area contributed by atoms with Gasteiger partial charge in [-0.3, -0.25) is 9.59 Å². The van der Waals surface area contributed by atoms with Crippen molar-refractivity contribution in [3.8, 4) is 5.75 Å². The molecule has 2 aromatic carbocycles. The third-order valence-electron chi connectivity index (χ3n) is 12.4. The van der Waals surface area contributed by atoms with E-state index in [0.29, 0.717) is 36.8 Å². The van der Waals surface area contributed by atoms with E-state index in [4.69, 9.17) is 9.47 Å². The number of ether oxygens (including phenoxy) is 2. The summed E-state index contributed by atoms with van der Waals surface area (Å²) in [6.07, 6.45) is 13.7. The number of nitrogens with zero attached hydrogens (tertiary/aromatic N) is 3. The Hall–Kier alpha value is -3.69. The molecule has 0 radical (unpaired) electrons. The predicted molar refractivity (Wildman–Crippen MR) is 201 cm³/mol. The number of anilines is 1. The molecule has 2 saturated carbocycles. The number of hydrogen-bond acceptors (Lipinski definition) is 6. The molecule has 2 bridgehead atoms. The van der Waals surface area contributed by atoms with Gasteiger partial charge in [0.25, 0.3) is 5.91 Å². The Balaban J connectivity index is 1.15. The van der Waals surface area contributed by atoms with Crippen molar-refractivity contribution in [1.82, 2.24) is 4.57 Å². The van der Waals surface area contributed by atoms with Crippen molar-refractivity contribution in [3.05, 3.63) is 94.8 Å². The van der Waals surface area contributed by atoms with Crippen LogP contribution in [-0.4, -0.2) is 64.9 Å². The van der Waals surface area contributed by atoms with Crippen LogP contribution in [0, 0.1) is 24.7 Å². The molecule has 0 unspecified atom stereocenters. The first-order valence-electron chi connectivity index (χ1n) is 18.9. The number of benzene rings is 2. The number of aryl methyl sites for hydroxylation is 3. The van der Waals surface area contributed by atoms with Crippen LogP contribution in [0.1, 0.15) is 83.6 Å². The molecule has 8 nitrogen and oxygen atoms in total. The Bertz CT molecular complexity index is 1990. The average Bonchev–Trinajstić information content (AvgIpc) is 3.81. The number of fused-ring (bicyclic) bond motifs is 4. The van der Waals surface area contributed by atoms with E-state index < -0.39 is 15.6 Å². The molecular weight excluding hydrogens is 659 g/mol. The van der Waals surface area contributed by atoms with Crippen LogP contribution in [0.4, 0.5) is 5.69 Å². The number of aromatic nitrogens is 1. The van der Waals surface area contributed by atoms with Crippen LogP contribution < -0.4 is 9.64 Å². The second-order valence-electron chi connectivity index (χ2n) is 15.9. The fourth-order valence-electron chi connectivity index (χ4n) is 9.42. The molecule has 1 amide bonds. The van der Waals surface area contributed by atoms with Gasteiger partial charge < -0.3 is 18.9 Å². The fraction of sp³-hybridized carbons (Fsp3) is 0.524. The number of methoxy groups -OCH3 is 1. The normalized spacial score (nSPS) is 32.4. The molecule has 2 fully saturated rings. The van der Waals surface area contributed by atoms with Crippen molar-refractivity contribution in [2.45, 2.75) is 75.7 Å². The summed E-state index contributed by atoms with van der Waals surface area (Å²) in [5.41, 5.74) is 6.29. The van der Waals surface area contributed by atoms with Crippen LogP contribution in [-0.2, 0) is 38.1 Å². The predicted octanol–water partition coefficient (Wildman–Crippen LogP) is 7.18. The maximum absolute atomic E-state index is 14.6. The summed E-state index contributed by atoms with van der Waals surface area (Å²) in [4.78, 5) is 30.1. The zero-order chi connectivity index (χ0) is 35.3. The van der Waals surface area contributed by atoms with Crippen molar-refractivity contribution in [2.24, 2.45) is 29.2 Å². The van der Waals surface area contributed by atoms with Crippen molar-refractivity contribution in [2.75, 3.05) is 43.2 Å². The van der Waals surface area contributed by atoms with E-state index >= 15 is 0 Å². The van der Waals surface area contributed by atoms with Gasteiger partial charge in [0.05, 0.1) is 33.9 Å². The summed E-state index contributed by atoms with van der Waals surface area (Å²) in [5.74, 6) is 0.962. The lowest BCUT2D eigenvalue weighted by Crippen LogP contribution is -2.49. The van der Waals surface area contributed by atoms with E-state index in [1.165, 1.54) is 16.7 Å². The molecule has 7 atom stereocenters. The van der Waals surface area contributed by atoms with Crippen LogP contribution in [0.15, 0.2) is 71.2 Å². The van der Waals surface area contributed by atoms with E-state index in [1.54, 1.807) is 13.2 Å². The minimum absolute atomic E-state index is 0.000424. The van der Waals surface area contributed by atoms with Gasteiger partial charge in [0.15, 0.2) is 0 Å². The molecule has 2 aliphatic heterocycles. The quantitative estimate of drug-likeness (QED) is 0.261. The van der Waals surface area contributed by atoms with Crippen molar-refractivity contribution >= 4 is 27.1 Å². The highest BCUT2D eigenvalue weighted by Crippen LogP contribution is 2.49. The maximum Gasteiger partial charge on any atom is 0.285 e.